The highest BCUT2D eigenvalue weighted by Crippen LogP contribution is 2.46. The number of nitrogens with zero attached hydrogens (tertiary/aromatic N) is 2. The van der Waals surface area contributed by atoms with Crippen LogP contribution in [0.15, 0.2) is 90.2 Å². The van der Waals surface area contributed by atoms with Crippen LogP contribution in [-0.4, -0.2) is 16.9 Å². The minimum atomic E-state index is 0.123. The minimum Gasteiger partial charge on any atom is -0.365 e. The van der Waals surface area contributed by atoms with Crippen LogP contribution in [0, 0.1) is 6.92 Å². The normalized spacial score (nSPS) is 17.7. The molecule has 29 heavy (non-hydrogen) atoms. The Balaban J connectivity index is 1.76. The second-order valence-corrected chi connectivity index (χ2v) is 7.84. The predicted molar refractivity (Wildman–Crippen MR) is 121 cm³/mol. The number of hydrogen-bond acceptors (Lipinski definition) is 2. The first-order valence-corrected chi connectivity index (χ1v) is 10.1. The molecule has 2 heteroatoms. The standard InChI is InChI=1S/C27H24N2/c1-18-16-24(20-10-6-4-7-11-20)22-14-15-23-25(21-12-8-5-9-13-21)17-19(2)29(3)27(23)26(22)28-18/h4-17,27H,1-3H3. The van der Waals surface area contributed by atoms with Crippen LogP contribution in [0.25, 0.3) is 22.8 Å². The molecular formula is C27H24N2. The van der Waals surface area contributed by atoms with E-state index in [0.29, 0.717) is 0 Å². The second-order valence-electron chi connectivity index (χ2n) is 7.84. The van der Waals surface area contributed by atoms with E-state index in [4.69, 9.17) is 4.98 Å². The van der Waals surface area contributed by atoms with Crippen molar-refractivity contribution < 1.29 is 0 Å². The molecule has 0 N–H and O–H groups in total. The smallest absolute Gasteiger partial charge is 0.0972 e. The van der Waals surface area contributed by atoms with E-state index in [1.54, 1.807) is 0 Å². The fourth-order valence-corrected chi connectivity index (χ4v) is 4.45. The van der Waals surface area contributed by atoms with Gasteiger partial charge in [-0.15, -0.1) is 0 Å². The molecule has 0 spiro atoms. The maximum atomic E-state index is 5.04. The van der Waals surface area contributed by atoms with Gasteiger partial charge in [-0.05, 0) is 53.8 Å². The zero-order chi connectivity index (χ0) is 20.0. The summed E-state index contributed by atoms with van der Waals surface area (Å²) in [6, 6.07) is 23.6. The number of aromatic nitrogens is 1. The Morgan fingerprint density at radius 2 is 1.48 bits per heavy atom. The van der Waals surface area contributed by atoms with Crippen molar-refractivity contribution in [3.63, 3.8) is 0 Å². The molecule has 0 saturated heterocycles. The van der Waals surface area contributed by atoms with E-state index in [2.05, 4.69) is 111 Å². The summed E-state index contributed by atoms with van der Waals surface area (Å²) in [6.45, 7) is 4.28. The first-order valence-electron chi connectivity index (χ1n) is 10.1. The molecule has 5 rings (SSSR count). The molecule has 0 fully saturated rings. The maximum absolute atomic E-state index is 5.04. The summed E-state index contributed by atoms with van der Waals surface area (Å²) in [5.41, 5.74) is 11.0. The highest BCUT2D eigenvalue weighted by molar-refractivity contribution is 5.87. The van der Waals surface area contributed by atoms with Crippen molar-refractivity contribution in [1.29, 1.82) is 0 Å². The summed E-state index contributed by atoms with van der Waals surface area (Å²) in [5.74, 6) is 0. The largest absolute Gasteiger partial charge is 0.365 e. The lowest BCUT2D eigenvalue weighted by Gasteiger charge is -2.39. The van der Waals surface area contributed by atoms with Crippen molar-refractivity contribution in [3.05, 3.63) is 113 Å². The summed E-state index contributed by atoms with van der Waals surface area (Å²) in [7, 11) is 2.17. The Kier molecular flexibility index (Phi) is 4.21. The molecule has 142 valence electrons. The van der Waals surface area contributed by atoms with Gasteiger partial charge < -0.3 is 4.90 Å². The molecule has 0 bridgehead atoms. The number of pyridine rings is 1. The van der Waals surface area contributed by atoms with Crippen LogP contribution >= 0.6 is 0 Å². The third kappa shape index (κ3) is 2.92. The molecule has 1 aliphatic heterocycles. The highest BCUT2D eigenvalue weighted by atomic mass is 15.2. The van der Waals surface area contributed by atoms with Crippen LogP contribution in [0.5, 0.6) is 0 Å². The fourth-order valence-electron chi connectivity index (χ4n) is 4.45. The lowest BCUT2D eigenvalue weighted by Crippen LogP contribution is -2.30. The van der Waals surface area contributed by atoms with Gasteiger partial charge in [0, 0.05) is 24.0 Å². The molecule has 2 aromatic carbocycles. The molecule has 0 radical (unpaired) electrons. The Bertz CT molecular complexity index is 1170. The highest BCUT2D eigenvalue weighted by Gasteiger charge is 2.33. The quantitative estimate of drug-likeness (QED) is 0.512. The Labute approximate surface area is 172 Å². The van der Waals surface area contributed by atoms with E-state index in [-0.39, 0.29) is 6.04 Å². The van der Waals surface area contributed by atoms with Crippen molar-refractivity contribution in [2.45, 2.75) is 19.9 Å². The van der Waals surface area contributed by atoms with Crippen LogP contribution in [-0.2, 0) is 0 Å². The summed E-state index contributed by atoms with van der Waals surface area (Å²) in [5, 5.41) is 0. The maximum Gasteiger partial charge on any atom is 0.0972 e. The SMILES string of the molecule is CC1=CC(c2ccccc2)=C2C=Cc3c(-c4ccccc4)cc(C)nc3C2N1C. The summed E-state index contributed by atoms with van der Waals surface area (Å²) in [6.07, 6.45) is 6.84. The van der Waals surface area contributed by atoms with Crippen LogP contribution in [0.4, 0.5) is 0 Å². The Morgan fingerprint density at radius 3 is 2.17 bits per heavy atom. The molecular weight excluding hydrogens is 352 g/mol. The molecule has 2 nitrogen and oxygen atoms in total. The number of hydrogen-bond donors (Lipinski definition) is 0. The van der Waals surface area contributed by atoms with Crippen LogP contribution in [0.1, 0.15) is 35.5 Å². The molecule has 0 saturated carbocycles. The number of fused-ring (bicyclic) bond motifs is 3. The first-order chi connectivity index (χ1) is 14.1. The summed E-state index contributed by atoms with van der Waals surface area (Å²) < 4.78 is 0. The van der Waals surface area contributed by atoms with Gasteiger partial charge in [-0.3, -0.25) is 4.98 Å². The average Bonchev–Trinajstić information content (AvgIpc) is 2.76. The summed E-state index contributed by atoms with van der Waals surface area (Å²) >= 11 is 0. The van der Waals surface area contributed by atoms with E-state index in [9.17, 15) is 0 Å². The van der Waals surface area contributed by atoms with Gasteiger partial charge in [-0.25, -0.2) is 0 Å². The number of likely N-dealkylation sites (N-methyl/N-ethyl adjacent to an activating group) is 1. The Morgan fingerprint density at radius 1 is 0.828 bits per heavy atom. The topological polar surface area (TPSA) is 16.1 Å². The Hall–Kier alpha value is -3.39. The third-order valence-corrected chi connectivity index (χ3v) is 5.98. The molecule has 0 amide bonds. The average molecular weight is 377 g/mol. The molecule has 2 heterocycles. The van der Waals surface area contributed by atoms with Gasteiger partial charge in [-0.1, -0.05) is 72.8 Å². The van der Waals surface area contributed by atoms with Crippen LogP contribution < -0.4 is 0 Å². The fraction of sp³-hybridized carbons (Fsp3) is 0.148. The molecule has 1 unspecified atom stereocenters. The number of benzene rings is 2. The van der Waals surface area contributed by atoms with Crippen molar-refractivity contribution in [3.8, 4) is 11.1 Å². The number of allylic oxidation sites excluding steroid dienone is 3. The predicted octanol–water partition coefficient (Wildman–Crippen LogP) is 6.43. The van der Waals surface area contributed by atoms with Crippen molar-refractivity contribution >= 4 is 11.6 Å². The van der Waals surface area contributed by atoms with E-state index >= 15 is 0 Å². The monoisotopic (exact) mass is 376 g/mol. The van der Waals surface area contributed by atoms with Gasteiger partial charge >= 0.3 is 0 Å². The second kappa shape index (κ2) is 6.89. The van der Waals surface area contributed by atoms with Gasteiger partial charge in [0.15, 0.2) is 0 Å². The van der Waals surface area contributed by atoms with Crippen molar-refractivity contribution in [1.82, 2.24) is 9.88 Å². The lowest BCUT2D eigenvalue weighted by molar-refractivity contribution is 0.340. The molecule has 1 aliphatic carbocycles. The zero-order valence-corrected chi connectivity index (χ0v) is 17.1. The van der Waals surface area contributed by atoms with Gasteiger partial charge in [0.25, 0.3) is 0 Å². The molecule has 2 aliphatic rings. The van der Waals surface area contributed by atoms with Gasteiger partial charge in [0.1, 0.15) is 0 Å². The molecule has 1 atom stereocenters. The molecule has 1 aromatic heterocycles. The number of aryl methyl sites for hydroxylation is 1. The molecule has 3 aromatic rings. The van der Waals surface area contributed by atoms with Crippen molar-refractivity contribution in [2.75, 3.05) is 7.05 Å². The van der Waals surface area contributed by atoms with Crippen LogP contribution in [0.2, 0.25) is 0 Å². The van der Waals surface area contributed by atoms with E-state index in [1.807, 2.05) is 0 Å². The van der Waals surface area contributed by atoms with E-state index < -0.39 is 0 Å². The first kappa shape index (κ1) is 17.7. The minimum absolute atomic E-state index is 0.123. The van der Waals surface area contributed by atoms with E-state index in [0.717, 1.165) is 11.4 Å². The summed E-state index contributed by atoms with van der Waals surface area (Å²) in [4.78, 5) is 7.40. The van der Waals surface area contributed by atoms with E-state index in [1.165, 1.54) is 39.1 Å². The van der Waals surface area contributed by atoms with Gasteiger partial charge in [0.2, 0.25) is 0 Å². The number of rotatable bonds is 2. The lowest BCUT2D eigenvalue weighted by atomic mass is 9.81. The van der Waals surface area contributed by atoms with Gasteiger partial charge in [-0.2, -0.15) is 0 Å². The van der Waals surface area contributed by atoms with Gasteiger partial charge in [0.05, 0.1) is 11.7 Å². The zero-order valence-electron chi connectivity index (χ0n) is 17.1. The van der Waals surface area contributed by atoms with Crippen molar-refractivity contribution in [2.24, 2.45) is 0 Å². The third-order valence-electron chi connectivity index (χ3n) is 5.98. The van der Waals surface area contributed by atoms with Crippen LogP contribution in [0.3, 0.4) is 0 Å².